The quantitative estimate of drug-likeness (QED) is 0.876. The molecule has 1 aromatic carbocycles. The molecule has 3 nitrogen and oxygen atoms in total. The summed E-state index contributed by atoms with van der Waals surface area (Å²) in [4.78, 5) is 4.86. The maximum Gasteiger partial charge on any atom is 0.0406 e. The summed E-state index contributed by atoms with van der Waals surface area (Å²) < 4.78 is 0. The van der Waals surface area contributed by atoms with Crippen molar-refractivity contribution in [1.29, 1.82) is 0 Å². The van der Waals surface area contributed by atoms with Gasteiger partial charge in [-0.2, -0.15) is 0 Å². The predicted octanol–water partition coefficient (Wildman–Crippen LogP) is 2.48. The second kappa shape index (κ2) is 7.10. The highest BCUT2D eigenvalue weighted by Crippen LogP contribution is 2.23. The summed E-state index contributed by atoms with van der Waals surface area (Å²) in [6.45, 7) is 6.46. The van der Waals surface area contributed by atoms with E-state index in [2.05, 4.69) is 43.0 Å². The van der Waals surface area contributed by atoms with Crippen LogP contribution in [0.2, 0.25) is 5.02 Å². The van der Waals surface area contributed by atoms with Gasteiger partial charge in [0.05, 0.1) is 0 Å². The molecular formula is C17H28ClN3. The number of likely N-dealkylation sites (tertiary alicyclic amines) is 1. The lowest BCUT2D eigenvalue weighted by atomic mass is 9.90. The van der Waals surface area contributed by atoms with Crippen LogP contribution in [0.4, 0.5) is 0 Å². The summed E-state index contributed by atoms with van der Waals surface area (Å²) in [5.74, 6) is 0.760. The van der Waals surface area contributed by atoms with Crippen molar-refractivity contribution in [2.45, 2.75) is 25.3 Å². The van der Waals surface area contributed by atoms with Gasteiger partial charge in [-0.15, -0.1) is 0 Å². The minimum atomic E-state index is -0.00497. The van der Waals surface area contributed by atoms with Gasteiger partial charge in [-0.3, -0.25) is 4.90 Å². The van der Waals surface area contributed by atoms with Crippen molar-refractivity contribution in [3.63, 3.8) is 0 Å². The molecule has 1 aromatic rings. The van der Waals surface area contributed by atoms with Gasteiger partial charge in [0.15, 0.2) is 0 Å². The monoisotopic (exact) mass is 309 g/mol. The number of nitrogens with two attached hydrogens (primary N) is 1. The van der Waals surface area contributed by atoms with E-state index in [0.29, 0.717) is 6.54 Å². The maximum atomic E-state index is 6.11. The van der Waals surface area contributed by atoms with E-state index in [1.54, 1.807) is 0 Å². The molecule has 0 aromatic heterocycles. The topological polar surface area (TPSA) is 32.5 Å². The van der Waals surface area contributed by atoms with E-state index in [9.17, 15) is 0 Å². The van der Waals surface area contributed by atoms with Crippen LogP contribution in [0, 0.1) is 5.92 Å². The number of hydrogen-bond acceptors (Lipinski definition) is 3. The summed E-state index contributed by atoms with van der Waals surface area (Å²) in [5, 5.41) is 0.788. The van der Waals surface area contributed by atoms with E-state index in [-0.39, 0.29) is 5.54 Å². The van der Waals surface area contributed by atoms with E-state index in [4.69, 9.17) is 17.3 Å². The molecule has 1 fully saturated rings. The Hall–Kier alpha value is -0.610. The molecule has 0 amide bonds. The molecule has 0 radical (unpaired) electrons. The molecule has 2 rings (SSSR count). The highest BCUT2D eigenvalue weighted by atomic mass is 35.5. The van der Waals surface area contributed by atoms with Crippen LogP contribution in [0.15, 0.2) is 24.3 Å². The van der Waals surface area contributed by atoms with E-state index >= 15 is 0 Å². The number of benzene rings is 1. The number of likely N-dealkylation sites (N-methyl/N-ethyl adjacent to an activating group) is 1. The normalized spacial score (nSPS) is 22.7. The lowest BCUT2D eigenvalue weighted by Gasteiger charge is -2.39. The van der Waals surface area contributed by atoms with E-state index < -0.39 is 0 Å². The number of rotatable bonds is 6. The summed E-state index contributed by atoms with van der Waals surface area (Å²) >= 11 is 5.97. The van der Waals surface area contributed by atoms with Crippen LogP contribution >= 0.6 is 11.6 Å². The van der Waals surface area contributed by atoms with Crippen LogP contribution in [-0.4, -0.2) is 55.6 Å². The van der Waals surface area contributed by atoms with Crippen molar-refractivity contribution in [2.75, 3.05) is 40.3 Å². The van der Waals surface area contributed by atoms with Crippen LogP contribution in [0.3, 0.4) is 0 Å². The molecule has 118 valence electrons. The van der Waals surface area contributed by atoms with E-state index in [1.165, 1.54) is 25.1 Å². The molecule has 2 atom stereocenters. The Morgan fingerprint density at radius 3 is 2.57 bits per heavy atom. The van der Waals surface area contributed by atoms with Gasteiger partial charge >= 0.3 is 0 Å². The summed E-state index contributed by atoms with van der Waals surface area (Å²) in [6, 6.07) is 8.13. The molecule has 1 heterocycles. The highest BCUT2D eigenvalue weighted by molar-refractivity contribution is 6.30. The molecule has 2 unspecified atom stereocenters. The van der Waals surface area contributed by atoms with Crippen LogP contribution in [0.1, 0.15) is 18.9 Å². The molecule has 21 heavy (non-hydrogen) atoms. The first-order valence-electron chi connectivity index (χ1n) is 7.77. The van der Waals surface area contributed by atoms with E-state index in [0.717, 1.165) is 23.9 Å². The summed E-state index contributed by atoms with van der Waals surface area (Å²) in [5.41, 5.74) is 7.40. The molecule has 1 aliphatic heterocycles. The first kappa shape index (κ1) is 16.8. The summed E-state index contributed by atoms with van der Waals surface area (Å²) in [7, 11) is 4.41. The smallest absolute Gasteiger partial charge is 0.0406 e. The number of nitrogens with zero attached hydrogens (tertiary/aromatic N) is 2. The van der Waals surface area contributed by atoms with Crippen LogP contribution in [-0.2, 0) is 6.42 Å². The largest absolute Gasteiger partial charge is 0.329 e. The molecular weight excluding hydrogens is 282 g/mol. The standard InChI is InChI=1S/C17H28ClN3/c1-17(13-19,10-14-4-6-16(18)7-5-14)21(3)12-15-8-9-20(2)11-15/h4-7,15H,8-13,19H2,1-3H3. The Bertz CT molecular complexity index is 448. The molecule has 0 aliphatic carbocycles. The Morgan fingerprint density at radius 1 is 1.38 bits per heavy atom. The van der Waals surface area contributed by atoms with Gasteiger partial charge in [0.2, 0.25) is 0 Å². The molecule has 2 N–H and O–H groups in total. The Kier molecular flexibility index (Phi) is 5.67. The molecule has 1 aliphatic rings. The van der Waals surface area contributed by atoms with Crippen molar-refractivity contribution < 1.29 is 0 Å². The van der Waals surface area contributed by atoms with Crippen molar-refractivity contribution in [3.8, 4) is 0 Å². The Morgan fingerprint density at radius 2 is 2.05 bits per heavy atom. The van der Waals surface area contributed by atoms with Crippen molar-refractivity contribution in [3.05, 3.63) is 34.9 Å². The maximum absolute atomic E-state index is 6.11. The second-order valence-corrected chi connectivity index (χ2v) is 7.24. The fourth-order valence-electron chi connectivity index (χ4n) is 3.19. The zero-order valence-corrected chi connectivity index (χ0v) is 14.2. The Labute approximate surface area is 134 Å². The van der Waals surface area contributed by atoms with Gasteiger partial charge in [0.1, 0.15) is 0 Å². The van der Waals surface area contributed by atoms with Crippen molar-refractivity contribution in [1.82, 2.24) is 9.80 Å². The SMILES string of the molecule is CN1CCC(CN(C)C(C)(CN)Cc2ccc(Cl)cc2)C1. The van der Waals surface area contributed by atoms with Gasteiger partial charge in [0.25, 0.3) is 0 Å². The molecule has 1 saturated heterocycles. The first-order chi connectivity index (χ1) is 9.93. The third kappa shape index (κ3) is 4.43. The first-order valence-corrected chi connectivity index (χ1v) is 8.15. The average Bonchev–Trinajstić information content (AvgIpc) is 2.86. The number of halogens is 1. The van der Waals surface area contributed by atoms with Crippen LogP contribution < -0.4 is 5.73 Å². The Balaban J connectivity index is 1.99. The molecule has 0 spiro atoms. The van der Waals surface area contributed by atoms with E-state index in [1.807, 2.05) is 12.1 Å². The second-order valence-electron chi connectivity index (χ2n) is 6.80. The third-order valence-corrected chi connectivity index (χ3v) is 5.13. The van der Waals surface area contributed by atoms with Crippen molar-refractivity contribution in [2.24, 2.45) is 11.7 Å². The van der Waals surface area contributed by atoms with Crippen molar-refractivity contribution >= 4 is 11.6 Å². The zero-order valence-electron chi connectivity index (χ0n) is 13.5. The molecule has 4 heteroatoms. The third-order valence-electron chi connectivity index (χ3n) is 4.88. The fraction of sp³-hybridized carbons (Fsp3) is 0.647. The van der Waals surface area contributed by atoms with Gasteiger partial charge < -0.3 is 10.6 Å². The molecule has 0 saturated carbocycles. The van der Waals surface area contributed by atoms with Crippen LogP contribution in [0.5, 0.6) is 0 Å². The lowest BCUT2D eigenvalue weighted by Crippen LogP contribution is -2.52. The molecule has 0 bridgehead atoms. The van der Waals surface area contributed by atoms with Gasteiger partial charge in [-0.1, -0.05) is 23.7 Å². The minimum Gasteiger partial charge on any atom is -0.329 e. The summed E-state index contributed by atoms with van der Waals surface area (Å²) in [6.07, 6.45) is 2.25. The van der Waals surface area contributed by atoms with Gasteiger partial charge in [0, 0.05) is 30.2 Å². The minimum absolute atomic E-state index is 0.00497. The van der Waals surface area contributed by atoms with Crippen LogP contribution in [0.25, 0.3) is 0 Å². The predicted molar refractivity (Wildman–Crippen MR) is 90.8 cm³/mol. The average molecular weight is 310 g/mol. The number of hydrogen-bond donors (Lipinski definition) is 1. The fourth-order valence-corrected chi connectivity index (χ4v) is 3.31. The van der Waals surface area contributed by atoms with Gasteiger partial charge in [-0.05, 0) is 64.0 Å². The van der Waals surface area contributed by atoms with Gasteiger partial charge in [-0.25, -0.2) is 0 Å². The zero-order chi connectivity index (χ0) is 15.5. The lowest BCUT2D eigenvalue weighted by molar-refractivity contribution is 0.123. The highest BCUT2D eigenvalue weighted by Gasteiger charge is 2.31.